The number of ether oxygens (including phenoxy) is 3. The number of rotatable bonds is 11. The molecule has 9 nitrogen and oxygen atoms in total. The summed E-state index contributed by atoms with van der Waals surface area (Å²) in [5.41, 5.74) is 5.63. The lowest BCUT2D eigenvalue weighted by atomic mass is 9.95. The Morgan fingerprint density at radius 2 is 1.86 bits per heavy atom. The van der Waals surface area contributed by atoms with Crippen molar-refractivity contribution >= 4 is 92.2 Å². The maximum atomic E-state index is 12.8. The van der Waals surface area contributed by atoms with Crippen molar-refractivity contribution in [1.82, 2.24) is 16.1 Å². The molecule has 3 aromatic carbocycles. The van der Waals surface area contributed by atoms with Crippen molar-refractivity contribution in [1.29, 1.82) is 0 Å². The number of allylic oxidation sites excluding steroid dienone is 1. The van der Waals surface area contributed by atoms with Crippen LogP contribution in [-0.4, -0.2) is 36.4 Å². The second-order valence-corrected chi connectivity index (χ2v) is 12.3. The van der Waals surface area contributed by atoms with E-state index in [1.165, 1.54) is 6.21 Å². The van der Waals surface area contributed by atoms with E-state index in [9.17, 15) is 9.59 Å². The first kappa shape index (κ1) is 33.0. The topological polar surface area (TPSA) is 110 Å². The number of halogens is 3. The zero-order valence-corrected chi connectivity index (χ0v) is 29.0. The van der Waals surface area contributed by atoms with Crippen LogP contribution in [0.1, 0.15) is 36.6 Å². The van der Waals surface area contributed by atoms with Gasteiger partial charge in [0.1, 0.15) is 18.1 Å². The molecule has 0 bridgehead atoms. The van der Waals surface area contributed by atoms with Gasteiger partial charge in [-0.25, -0.2) is 10.2 Å². The lowest BCUT2D eigenvalue weighted by Crippen LogP contribution is -2.45. The van der Waals surface area contributed by atoms with Crippen molar-refractivity contribution in [2.75, 3.05) is 13.2 Å². The van der Waals surface area contributed by atoms with E-state index in [-0.39, 0.29) is 19.8 Å². The molecule has 0 unspecified atom stereocenters. The number of hydrogen-bond acceptors (Lipinski definition) is 7. The predicted octanol–water partition coefficient (Wildman–Crippen LogP) is 6.01. The smallest absolute Gasteiger partial charge is 0.338 e. The molecule has 1 atom stereocenters. The molecular weight excluding hydrogens is 818 g/mol. The second kappa shape index (κ2) is 15.7. The minimum absolute atomic E-state index is 0.224. The Kier molecular flexibility index (Phi) is 12.0. The molecule has 1 heterocycles. The van der Waals surface area contributed by atoms with E-state index in [1.807, 2.05) is 42.5 Å². The number of carbonyl (C=O) groups is 2. The quantitative estimate of drug-likeness (QED) is 0.0709. The number of nitrogens with one attached hydrogen (secondary N) is 3. The fourth-order valence-corrected chi connectivity index (χ4v) is 6.71. The van der Waals surface area contributed by atoms with Gasteiger partial charge in [0.15, 0.2) is 11.7 Å². The first-order valence-electron chi connectivity index (χ1n) is 13.0. The maximum absolute atomic E-state index is 12.8. The molecule has 0 aliphatic carbocycles. The number of hydrazone groups is 1. The van der Waals surface area contributed by atoms with Gasteiger partial charge in [0, 0.05) is 31.0 Å². The third-order valence-electron chi connectivity index (χ3n) is 6.11. The Labute approximate surface area is 287 Å². The van der Waals surface area contributed by atoms with Crippen LogP contribution in [0.5, 0.6) is 11.5 Å². The molecule has 1 amide bonds. The van der Waals surface area contributed by atoms with Crippen LogP contribution in [0.4, 0.5) is 0 Å². The Morgan fingerprint density at radius 1 is 1.12 bits per heavy atom. The van der Waals surface area contributed by atoms with E-state index < -0.39 is 17.9 Å². The van der Waals surface area contributed by atoms with Crippen LogP contribution < -0.4 is 25.5 Å². The largest absolute Gasteiger partial charge is 0.487 e. The molecule has 0 spiro atoms. The highest BCUT2D eigenvalue weighted by Crippen LogP contribution is 2.34. The van der Waals surface area contributed by atoms with E-state index in [0.717, 1.165) is 12.7 Å². The number of hydrogen-bond donors (Lipinski definition) is 3. The summed E-state index contributed by atoms with van der Waals surface area (Å²) in [7, 11) is 0. The van der Waals surface area contributed by atoms with E-state index in [1.54, 1.807) is 32.0 Å². The summed E-state index contributed by atoms with van der Waals surface area (Å²) in [5.74, 6) is 0.0731. The minimum atomic E-state index is -0.628. The zero-order valence-electron chi connectivity index (χ0n) is 23.1. The van der Waals surface area contributed by atoms with E-state index >= 15 is 0 Å². The van der Waals surface area contributed by atoms with E-state index in [4.69, 9.17) is 38.0 Å². The normalized spacial score (nSPS) is 14.6. The summed E-state index contributed by atoms with van der Waals surface area (Å²) in [6.07, 6.45) is 1.52. The maximum Gasteiger partial charge on any atom is 0.338 e. The number of amides is 1. The molecule has 0 aromatic heterocycles. The number of nitrogens with zero attached hydrogens (tertiary/aromatic N) is 1. The number of benzene rings is 3. The molecule has 0 saturated heterocycles. The zero-order chi connectivity index (χ0) is 30.9. The van der Waals surface area contributed by atoms with Crippen molar-refractivity contribution in [3.05, 3.63) is 101 Å². The van der Waals surface area contributed by atoms with Gasteiger partial charge in [-0.05, 0) is 95.5 Å². The molecule has 43 heavy (non-hydrogen) atoms. The van der Waals surface area contributed by atoms with Gasteiger partial charge < -0.3 is 24.8 Å². The average Bonchev–Trinajstić information content (AvgIpc) is 2.96. The van der Waals surface area contributed by atoms with Gasteiger partial charge in [-0.15, -0.1) is 0 Å². The summed E-state index contributed by atoms with van der Waals surface area (Å²) >= 11 is 16.0. The van der Waals surface area contributed by atoms with Gasteiger partial charge in [-0.1, -0.05) is 48.0 Å². The van der Waals surface area contributed by atoms with Gasteiger partial charge in [0.2, 0.25) is 0 Å². The van der Waals surface area contributed by atoms with Crippen LogP contribution in [0.2, 0.25) is 5.02 Å². The minimum Gasteiger partial charge on any atom is -0.487 e. The average molecular weight is 845 g/mol. The lowest BCUT2D eigenvalue weighted by molar-refractivity contribution is -0.139. The van der Waals surface area contributed by atoms with Crippen molar-refractivity contribution in [3.8, 4) is 11.5 Å². The fraction of sp³-hybridized carbons (Fsp3) is 0.200. The number of carbonyl (C=O) groups excluding carboxylic acids is 2. The van der Waals surface area contributed by atoms with Gasteiger partial charge in [-0.2, -0.15) is 5.10 Å². The third kappa shape index (κ3) is 8.80. The Morgan fingerprint density at radius 3 is 2.63 bits per heavy atom. The molecule has 224 valence electrons. The molecule has 3 N–H and O–H groups in total. The van der Waals surface area contributed by atoms with E-state index in [0.29, 0.717) is 44.0 Å². The first-order valence-corrected chi connectivity index (χ1v) is 16.0. The van der Waals surface area contributed by atoms with Crippen LogP contribution in [0.25, 0.3) is 0 Å². The number of esters is 1. The van der Waals surface area contributed by atoms with Crippen LogP contribution in [0.15, 0.2) is 77.0 Å². The SMILES string of the molecule is CCOC(=O)C1=C(C)NC(=S)N[C@@H]1c1ccccc1OCC(=O)NN=Cc1cc(I)cc(I)c1OCc1ccccc1Cl. The van der Waals surface area contributed by atoms with Crippen molar-refractivity contribution in [2.24, 2.45) is 5.10 Å². The monoisotopic (exact) mass is 844 g/mol. The second-order valence-electron chi connectivity index (χ2n) is 9.10. The molecule has 3 aromatic rings. The Bertz CT molecular complexity index is 1600. The third-order valence-corrected chi connectivity index (χ3v) is 8.13. The van der Waals surface area contributed by atoms with Gasteiger partial charge in [-0.3, -0.25) is 4.79 Å². The summed E-state index contributed by atoms with van der Waals surface area (Å²) < 4.78 is 19.1. The standard InChI is InChI=1S/C30H27ClI2N4O5S/c1-3-40-29(39)26-17(2)35-30(43)36-27(26)21-9-5-7-11-24(21)41-16-25(38)37-34-14-19-12-20(32)13-23(33)28(19)42-15-18-8-4-6-10-22(18)31/h4-14,27H,3,15-16H2,1-2H3,(H,37,38)(H2,35,36,43)/t27-/m1/s1. The first-order chi connectivity index (χ1) is 20.7. The van der Waals surface area contributed by atoms with Gasteiger partial charge in [0.05, 0.1) is 28.0 Å². The molecule has 1 aliphatic rings. The molecular formula is C30H27ClI2N4O5S. The number of thiocarbonyl (C=S) groups is 1. The number of para-hydroxylation sites is 1. The molecule has 0 fully saturated rings. The van der Waals surface area contributed by atoms with Gasteiger partial charge >= 0.3 is 5.97 Å². The van der Waals surface area contributed by atoms with Crippen molar-refractivity contribution in [2.45, 2.75) is 26.5 Å². The van der Waals surface area contributed by atoms with Gasteiger partial charge in [0.25, 0.3) is 5.91 Å². The highest BCUT2D eigenvalue weighted by atomic mass is 127. The fourth-order valence-electron chi connectivity index (χ4n) is 4.20. The van der Waals surface area contributed by atoms with E-state index in [2.05, 4.69) is 66.3 Å². The highest BCUT2D eigenvalue weighted by Gasteiger charge is 2.32. The van der Waals surface area contributed by atoms with Crippen LogP contribution in [0, 0.1) is 7.14 Å². The Balaban J connectivity index is 1.44. The van der Waals surface area contributed by atoms with Crippen molar-refractivity contribution < 1.29 is 23.8 Å². The van der Waals surface area contributed by atoms with Crippen molar-refractivity contribution in [3.63, 3.8) is 0 Å². The lowest BCUT2D eigenvalue weighted by Gasteiger charge is -2.30. The van der Waals surface area contributed by atoms with Crippen LogP contribution in [0.3, 0.4) is 0 Å². The Hall–Kier alpha value is -2.95. The predicted molar refractivity (Wildman–Crippen MR) is 186 cm³/mol. The van der Waals surface area contributed by atoms with Crippen LogP contribution in [-0.2, 0) is 20.9 Å². The molecule has 0 radical (unpaired) electrons. The molecule has 4 rings (SSSR count). The summed E-state index contributed by atoms with van der Waals surface area (Å²) in [6, 6.07) is 17.8. The molecule has 0 saturated carbocycles. The highest BCUT2D eigenvalue weighted by molar-refractivity contribution is 14.1. The molecule has 1 aliphatic heterocycles. The molecule has 13 heteroatoms. The summed E-state index contributed by atoms with van der Waals surface area (Å²) in [4.78, 5) is 25.5. The summed E-state index contributed by atoms with van der Waals surface area (Å²) in [6.45, 7) is 3.68. The van der Waals surface area contributed by atoms with Crippen LogP contribution >= 0.6 is 69.0 Å². The summed E-state index contributed by atoms with van der Waals surface area (Å²) in [5, 5.41) is 11.2.